The highest BCUT2D eigenvalue weighted by Gasteiger charge is 2.47. The topological polar surface area (TPSA) is 96.2 Å². The molecule has 6 nitrogen and oxygen atoms in total. The van der Waals surface area contributed by atoms with Crippen LogP contribution < -0.4 is 0 Å². The summed E-state index contributed by atoms with van der Waals surface area (Å²) in [5.74, 6) is -3.26. The van der Waals surface area contributed by atoms with Gasteiger partial charge >= 0.3 is 5.79 Å². The number of aliphatic hydroxyl groups is 3. The number of hydrogen-bond acceptors (Lipinski definition) is 6. The van der Waals surface area contributed by atoms with Crippen LogP contribution in [-0.4, -0.2) is 46.2 Å². The molecule has 0 fully saturated rings. The van der Waals surface area contributed by atoms with Gasteiger partial charge < -0.3 is 15.3 Å². The highest BCUT2D eigenvalue weighted by molar-refractivity contribution is 5.61. The summed E-state index contributed by atoms with van der Waals surface area (Å²) >= 11 is 0. The van der Waals surface area contributed by atoms with Crippen LogP contribution in [0.2, 0.25) is 0 Å². The molecule has 0 aromatic carbocycles. The quantitative estimate of drug-likeness (QED) is 0.354. The second-order valence-corrected chi connectivity index (χ2v) is 2.19. The van der Waals surface area contributed by atoms with Gasteiger partial charge in [-0.15, -0.1) is 9.88 Å². The Morgan fingerprint density at radius 1 is 1.38 bits per heavy atom. The molecule has 2 atom stereocenters. The summed E-state index contributed by atoms with van der Waals surface area (Å²) in [6.07, 6.45) is -4.89. The average molecular weight is 202 g/mol. The summed E-state index contributed by atoms with van der Waals surface area (Å²) in [4.78, 5) is 15.5. The Morgan fingerprint density at radius 2 is 1.85 bits per heavy atom. The Labute approximate surface area is 71.1 Å². The van der Waals surface area contributed by atoms with E-state index in [4.69, 9.17) is 15.3 Å². The highest BCUT2D eigenvalue weighted by atomic mass is 19.3. The number of rotatable bonds is 6. The summed E-state index contributed by atoms with van der Waals surface area (Å²) in [6.45, 7) is -1.02. The molecule has 78 valence electrons. The minimum Gasteiger partial charge on any atom is -0.394 e. The van der Waals surface area contributed by atoms with Crippen molar-refractivity contribution in [2.24, 2.45) is 0 Å². The van der Waals surface area contributed by atoms with Crippen molar-refractivity contribution in [3.8, 4) is 0 Å². The van der Waals surface area contributed by atoms with Crippen LogP contribution in [0, 0.1) is 0 Å². The molecular formula is C5H8F2O6. The maximum Gasteiger partial charge on any atom is 0.326 e. The third-order valence-corrected chi connectivity index (χ3v) is 1.37. The van der Waals surface area contributed by atoms with Gasteiger partial charge in [-0.05, 0) is 9.05 Å². The van der Waals surface area contributed by atoms with Crippen molar-refractivity contribution in [1.82, 2.24) is 0 Å². The fraction of sp³-hybridized carbons (Fsp3) is 0.800. The second-order valence-electron chi connectivity index (χ2n) is 2.19. The van der Waals surface area contributed by atoms with Crippen molar-refractivity contribution in [2.45, 2.75) is 18.0 Å². The zero-order chi connectivity index (χ0) is 10.5. The van der Waals surface area contributed by atoms with E-state index in [1.165, 1.54) is 0 Å². The Balaban J connectivity index is 4.61. The molecule has 0 aromatic heterocycles. The van der Waals surface area contributed by atoms with Crippen molar-refractivity contribution >= 4 is 6.29 Å². The molecule has 13 heavy (non-hydrogen) atoms. The molecule has 0 rings (SSSR count). The Hall–Kier alpha value is -0.670. The van der Waals surface area contributed by atoms with Gasteiger partial charge in [0.15, 0.2) is 6.29 Å². The summed E-state index contributed by atoms with van der Waals surface area (Å²) in [7, 11) is 0. The molecule has 8 heteroatoms. The molecule has 3 N–H and O–H groups in total. The largest absolute Gasteiger partial charge is 0.394 e. The first-order valence-corrected chi connectivity index (χ1v) is 3.10. The van der Waals surface area contributed by atoms with Crippen molar-refractivity contribution in [3.05, 3.63) is 0 Å². The van der Waals surface area contributed by atoms with Crippen LogP contribution in [0.1, 0.15) is 0 Å². The maximum absolute atomic E-state index is 11.6. The lowest BCUT2D eigenvalue weighted by Crippen LogP contribution is -2.52. The van der Waals surface area contributed by atoms with Crippen LogP contribution in [-0.2, 0) is 14.7 Å². The van der Waals surface area contributed by atoms with Gasteiger partial charge in [0.1, 0.15) is 12.2 Å². The van der Waals surface area contributed by atoms with E-state index in [0.717, 1.165) is 0 Å². The van der Waals surface area contributed by atoms with Crippen LogP contribution in [0.5, 0.6) is 0 Å². The van der Waals surface area contributed by atoms with E-state index in [-0.39, 0.29) is 0 Å². The standard InChI is InChI=1S/C5H8F2O6/c6-12-5(2-9,13-7)4(11)3(10)1-8/h2-4,8,10-11H,1H2/t3-,4-/m1/s1. The first-order chi connectivity index (χ1) is 6.07. The summed E-state index contributed by atoms with van der Waals surface area (Å²) in [6, 6.07) is 0. The summed E-state index contributed by atoms with van der Waals surface area (Å²) in [5.41, 5.74) is 0. The first-order valence-electron chi connectivity index (χ1n) is 3.10. The number of carbonyl (C=O) groups excluding carboxylic acids is 1. The van der Waals surface area contributed by atoms with E-state index in [9.17, 15) is 13.8 Å². The first kappa shape index (κ1) is 12.3. The van der Waals surface area contributed by atoms with E-state index in [1.807, 2.05) is 0 Å². The average Bonchev–Trinajstić information content (AvgIpc) is 2.20. The number of aliphatic hydroxyl groups excluding tert-OH is 3. The van der Waals surface area contributed by atoms with Crippen LogP contribution in [0.3, 0.4) is 0 Å². The Bertz CT molecular complexity index is 161. The van der Waals surface area contributed by atoms with Gasteiger partial charge in [-0.3, -0.25) is 4.79 Å². The van der Waals surface area contributed by atoms with Gasteiger partial charge in [-0.1, -0.05) is 0 Å². The van der Waals surface area contributed by atoms with E-state index in [0.29, 0.717) is 0 Å². The Kier molecular flexibility index (Phi) is 4.88. The molecule has 0 aliphatic rings. The fourth-order valence-electron chi connectivity index (χ4n) is 0.577. The number of aldehydes is 1. The van der Waals surface area contributed by atoms with Crippen LogP contribution in [0.4, 0.5) is 9.05 Å². The lowest BCUT2D eigenvalue weighted by atomic mass is 10.1. The number of hydrogen-bond donors (Lipinski definition) is 3. The SMILES string of the molecule is O=CC(OF)(OF)[C@H](O)[C@H](O)CO. The second kappa shape index (κ2) is 5.14. The van der Waals surface area contributed by atoms with Crippen LogP contribution in [0.25, 0.3) is 0 Å². The van der Waals surface area contributed by atoms with Crippen molar-refractivity contribution in [3.63, 3.8) is 0 Å². The van der Waals surface area contributed by atoms with E-state index < -0.39 is 30.9 Å². The lowest BCUT2D eigenvalue weighted by Gasteiger charge is -2.26. The smallest absolute Gasteiger partial charge is 0.326 e. The van der Waals surface area contributed by atoms with Crippen molar-refractivity contribution < 1.29 is 39.0 Å². The fourth-order valence-corrected chi connectivity index (χ4v) is 0.577. The monoisotopic (exact) mass is 202 g/mol. The molecular weight excluding hydrogens is 194 g/mol. The zero-order valence-corrected chi connectivity index (χ0v) is 6.26. The molecule has 0 saturated heterocycles. The molecule has 0 amide bonds. The van der Waals surface area contributed by atoms with Gasteiger partial charge in [0.2, 0.25) is 0 Å². The molecule has 0 aromatic rings. The minimum atomic E-state index is -3.26. The van der Waals surface area contributed by atoms with Crippen molar-refractivity contribution in [1.29, 1.82) is 0 Å². The third-order valence-electron chi connectivity index (χ3n) is 1.37. The number of halogens is 2. The van der Waals surface area contributed by atoms with Gasteiger partial charge in [-0.25, -0.2) is 0 Å². The molecule has 0 bridgehead atoms. The van der Waals surface area contributed by atoms with E-state index in [2.05, 4.69) is 9.88 Å². The maximum atomic E-state index is 11.6. The summed E-state index contributed by atoms with van der Waals surface area (Å²) in [5, 5.41) is 25.8. The molecule has 0 unspecified atom stereocenters. The van der Waals surface area contributed by atoms with E-state index >= 15 is 0 Å². The predicted octanol–water partition coefficient (Wildman–Crippen LogP) is -1.60. The summed E-state index contributed by atoms with van der Waals surface area (Å²) < 4.78 is 23.2. The molecule has 0 aliphatic carbocycles. The highest BCUT2D eigenvalue weighted by Crippen LogP contribution is 2.19. The van der Waals surface area contributed by atoms with Crippen molar-refractivity contribution in [2.75, 3.05) is 6.61 Å². The third kappa shape index (κ3) is 2.39. The van der Waals surface area contributed by atoms with Gasteiger partial charge in [0.25, 0.3) is 0 Å². The zero-order valence-electron chi connectivity index (χ0n) is 6.26. The molecule has 0 spiro atoms. The molecule has 0 saturated carbocycles. The van der Waals surface area contributed by atoms with Crippen LogP contribution in [0.15, 0.2) is 0 Å². The Morgan fingerprint density at radius 3 is 2.08 bits per heavy atom. The lowest BCUT2D eigenvalue weighted by molar-refractivity contribution is -0.416. The molecule has 0 aliphatic heterocycles. The van der Waals surface area contributed by atoms with Crippen LogP contribution >= 0.6 is 0 Å². The number of carbonyl (C=O) groups is 1. The normalized spacial score (nSPS) is 16.7. The van der Waals surface area contributed by atoms with Gasteiger partial charge in [0, 0.05) is 0 Å². The molecule has 0 radical (unpaired) electrons. The predicted molar refractivity (Wildman–Crippen MR) is 32.3 cm³/mol. The van der Waals surface area contributed by atoms with Gasteiger partial charge in [-0.2, -0.15) is 0 Å². The van der Waals surface area contributed by atoms with E-state index in [1.54, 1.807) is 0 Å². The molecule has 0 heterocycles. The van der Waals surface area contributed by atoms with Gasteiger partial charge in [0.05, 0.1) is 6.61 Å². The minimum absolute atomic E-state index is 0.531.